The quantitative estimate of drug-likeness (QED) is 0.491. The lowest BCUT2D eigenvalue weighted by Gasteiger charge is -2.10. The Hall–Kier alpha value is -2.39. The zero-order chi connectivity index (χ0) is 18.7. The third-order valence-corrected chi connectivity index (χ3v) is 4.82. The molecule has 0 aliphatic carbocycles. The molecule has 0 radical (unpaired) electrons. The Balaban J connectivity index is 2.48. The molecule has 0 heterocycles. The lowest BCUT2D eigenvalue weighted by atomic mass is 10.3. The predicted octanol–water partition coefficient (Wildman–Crippen LogP) is 3.67. The third kappa shape index (κ3) is 4.58. The highest BCUT2D eigenvalue weighted by atomic mass is 35.5. The number of carbonyl (C=O) groups excluding carboxylic acids is 1. The third-order valence-electron chi connectivity index (χ3n) is 2.89. The van der Waals surface area contributed by atoms with Crippen molar-refractivity contribution in [3.05, 3.63) is 59.6 Å². The minimum Gasteiger partial charge on any atom is -0.281 e. The highest BCUT2D eigenvalue weighted by Crippen LogP contribution is 2.22. The van der Waals surface area contributed by atoms with Crippen molar-refractivity contribution in [2.24, 2.45) is 5.10 Å². The first-order chi connectivity index (χ1) is 11.6. The molecule has 0 saturated heterocycles. The van der Waals surface area contributed by atoms with Crippen LogP contribution in [0, 0.1) is 0 Å². The van der Waals surface area contributed by atoms with Crippen LogP contribution in [-0.4, -0.2) is 25.4 Å². The average Bonchev–Trinajstić information content (AvgIpc) is 2.56. The minimum atomic E-state index is -5.40. The van der Waals surface area contributed by atoms with E-state index in [1.807, 2.05) is 0 Å². The van der Waals surface area contributed by atoms with Gasteiger partial charge in [-0.1, -0.05) is 29.8 Å². The summed E-state index contributed by atoms with van der Waals surface area (Å²) in [7, 11) is -4.77. The Kier molecular flexibility index (Phi) is 5.48. The molecule has 0 spiro atoms. The summed E-state index contributed by atoms with van der Waals surface area (Å²) in [6.45, 7) is 0. The smallest absolute Gasteiger partial charge is 0.281 e. The van der Waals surface area contributed by atoms with Crippen molar-refractivity contribution >= 4 is 38.0 Å². The summed E-state index contributed by atoms with van der Waals surface area (Å²) in [5, 5.41) is 1.91. The topological polar surface area (TPSA) is 75.6 Å². The van der Waals surface area contributed by atoms with Crippen LogP contribution in [0.3, 0.4) is 0 Å². The second-order valence-corrected chi connectivity index (χ2v) is 6.98. The van der Waals surface area contributed by atoms with Gasteiger partial charge in [0.1, 0.15) is 0 Å². The molecule has 0 saturated carbocycles. The van der Waals surface area contributed by atoms with E-state index in [4.69, 9.17) is 11.6 Å². The van der Waals surface area contributed by atoms with Crippen LogP contribution < -0.4 is 5.43 Å². The van der Waals surface area contributed by atoms with E-state index >= 15 is 0 Å². The Morgan fingerprint density at radius 2 is 1.56 bits per heavy atom. The number of rotatable bonds is 4. The van der Waals surface area contributed by atoms with Crippen molar-refractivity contribution in [2.45, 2.75) is 11.1 Å². The Labute approximate surface area is 146 Å². The molecule has 0 amide bonds. The van der Waals surface area contributed by atoms with Gasteiger partial charge in [-0.3, -0.25) is 10.2 Å². The Morgan fingerprint density at radius 3 is 2.08 bits per heavy atom. The van der Waals surface area contributed by atoms with Crippen LogP contribution in [-0.2, 0) is 14.6 Å². The molecule has 0 unspecified atom stereocenters. The van der Waals surface area contributed by atoms with Gasteiger partial charge in [-0.2, -0.15) is 18.3 Å². The number of ketones is 1. The maximum atomic E-state index is 12.8. The fourth-order valence-electron chi connectivity index (χ4n) is 1.71. The van der Waals surface area contributed by atoms with E-state index in [1.54, 1.807) is 0 Å². The lowest BCUT2D eigenvalue weighted by Crippen LogP contribution is -2.36. The van der Waals surface area contributed by atoms with Crippen LogP contribution in [0.15, 0.2) is 64.6 Å². The zero-order valence-corrected chi connectivity index (χ0v) is 13.9. The van der Waals surface area contributed by atoms with E-state index < -0.39 is 31.7 Å². The number of hydrogen-bond acceptors (Lipinski definition) is 5. The molecule has 25 heavy (non-hydrogen) atoms. The van der Waals surface area contributed by atoms with Crippen molar-refractivity contribution in [3.63, 3.8) is 0 Å². The van der Waals surface area contributed by atoms with Gasteiger partial charge in [0.2, 0.25) is 14.9 Å². The number of carbonyl (C=O) groups is 1. The van der Waals surface area contributed by atoms with Crippen LogP contribution in [0.1, 0.15) is 0 Å². The summed E-state index contributed by atoms with van der Waals surface area (Å²) in [5.41, 5.74) is 2.28. The summed E-state index contributed by atoms with van der Waals surface area (Å²) >= 11 is 5.67. The van der Waals surface area contributed by atoms with E-state index in [0.29, 0.717) is 5.02 Å². The van der Waals surface area contributed by atoms with Crippen LogP contribution >= 0.6 is 11.6 Å². The summed E-state index contributed by atoms with van der Waals surface area (Å²) in [4.78, 5) is 11.1. The fourth-order valence-corrected chi connectivity index (χ4v) is 3.10. The van der Waals surface area contributed by atoms with Crippen LogP contribution in [0.4, 0.5) is 18.9 Å². The molecule has 0 fully saturated rings. The molecule has 0 aliphatic heterocycles. The number of Topliss-reactive ketones (excluding diaryl/α,β-unsaturated/α-hetero) is 1. The number of alkyl halides is 3. The average molecular weight is 391 g/mol. The van der Waals surface area contributed by atoms with Crippen LogP contribution in [0.2, 0.25) is 5.02 Å². The normalized spacial score (nSPS) is 12.7. The number of benzene rings is 2. The fraction of sp³-hybridized carbons (Fsp3) is 0.0667. The number of halogens is 4. The second kappa shape index (κ2) is 7.24. The molecular formula is C15H10ClF3N2O3S. The molecule has 0 aromatic heterocycles. The molecule has 10 heteroatoms. The van der Waals surface area contributed by atoms with Gasteiger partial charge in [0.25, 0.3) is 5.78 Å². The number of nitrogens with zero attached hydrogens (tertiary/aromatic N) is 1. The molecule has 1 N–H and O–H groups in total. The molecule has 0 bridgehead atoms. The SMILES string of the molecule is O=C(/C(=N\Nc1ccc(Cl)cc1)S(=O)(=O)c1ccccc1)C(F)(F)F. The maximum Gasteiger partial charge on any atom is 0.457 e. The first kappa shape index (κ1) is 18.9. The van der Waals surface area contributed by atoms with Gasteiger partial charge in [-0.05, 0) is 36.4 Å². The summed E-state index contributed by atoms with van der Waals surface area (Å²) in [6.07, 6.45) is -5.40. The van der Waals surface area contributed by atoms with E-state index in [-0.39, 0.29) is 5.69 Å². The van der Waals surface area contributed by atoms with Gasteiger partial charge >= 0.3 is 6.18 Å². The maximum absolute atomic E-state index is 12.8. The van der Waals surface area contributed by atoms with Crippen LogP contribution in [0.25, 0.3) is 0 Å². The number of sulfone groups is 1. The van der Waals surface area contributed by atoms with E-state index in [1.165, 1.54) is 42.5 Å². The van der Waals surface area contributed by atoms with Gasteiger partial charge in [0.05, 0.1) is 10.6 Å². The summed E-state index contributed by atoms with van der Waals surface area (Å²) < 4.78 is 63.1. The molecule has 2 aromatic carbocycles. The number of hydrogen-bond donors (Lipinski definition) is 1. The molecule has 2 rings (SSSR count). The highest BCUT2D eigenvalue weighted by Gasteiger charge is 2.47. The van der Waals surface area contributed by atoms with Gasteiger partial charge < -0.3 is 0 Å². The van der Waals surface area contributed by atoms with E-state index in [2.05, 4.69) is 10.5 Å². The van der Waals surface area contributed by atoms with Gasteiger partial charge in [-0.15, -0.1) is 0 Å². The van der Waals surface area contributed by atoms with Crippen molar-refractivity contribution in [3.8, 4) is 0 Å². The summed E-state index contributed by atoms with van der Waals surface area (Å²) in [5.74, 6) is -2.57. The standard InChI is InChI=1S/C15H10ClF3N2O3S/c16-10-6-8-11(9-7-10)20-21-14(13(22)15(17,18)19)25(23,24)12-4-2-1-3-5-12/h1-9,20H/b21-14+. The van der Waals surface area contributed by atoms with E-state index in [9.17, 15) is 26.4 Å². The molecule has 5 nitrogen and oxygen atoms in total. The monoisotopic (exact) mass is 390 g/mol. The molecule has 132 valence electrons. The predicted molar refractivity (Wildman–Crippen MR) is 87.2 cm³/mol. The Bertz CT molecular complexity index is 896. The first-order valence-electron chi connectivity index (χ1n) is 6.63. The van der Waals surface area contributed by atoms with Crippen molar-refractivity contribution in [2.75, 3.05) is 5.43 Å². The summed E-state index contributed by atoms with van der Waals surface area (Å²) in [6, 6.07) is 11.8. The van der Waals surface area contributed by atoms with Gasteiger partial charge in [0.15, 0.2) is 0 Å². The first-order valence-corrected chi connectivity index (χ1v) is 8.49. The molecule has 2 aromatic rings. The second-order valence-electron chi connectivity index (χ2n) is 4.68. The largest absolute Gasteiger partial charge is 0.457 e. The number of hydrazone groups is 1. The van der Waals surface area contributed by atoms with Crippen molar-refractivity contribution in [1.29, 1.82) is 0 Å². The van der Waals surface area contributed by atoms with Gasteiger partial charge in [0, 0.05) is 5.02 Å². The zero-order valence-electron chi connectivity index (χ0n) is 12.3. The minimum absolute atomic E-state index is 0.153. The number of anilines is 1. The van der Waals surface area contributed by atoms with Crippen LogP contribution in [0.5, 0.6) is 0 Å². The molecule has 0 aliphatic rings. The highest BCUT2D eigenvalue weighted by molar-refractivity contribution is 8.08. The van der Waals surface area contributed by atoms with E-state index in [0.717, 1.165) is 12.1 Å². The van der Waals surface area contributed by atoms with Crippen molar-refractivity contribution < 1.29 is 26.4 Å². The lowest BCUT2D eigenvalue weighted by molar-refractivity contribution is -0.162. The molecule has 0 atom stereocenters. The number of nitrogens with one attached hydrogen (secondary N) is 1. The van der Waals surface area contributed by atoms with Crippen molar-refractivity contribution in [1.82, 2.24) is 0 Å². The van der Waals surface area contributed by atoms with Gasteiger partial charge in [-0.25, -0.2) is 8.42 Å². The molecular weight excluding hydrogens is 381 g/mol. The Morgan fingerprint density at radius 1 is 1.00 bits per heavy atom.